The smallest absolute Gasteiger partial charge is 0.129 e. The zero-order valence-corrected chi connectivity index (χ0v) is 9.98. The molecule has 0 fully saturated rings. The molecule has 0 bridgehead atoms. The lowest BCUT2D eigenvalue weighted by Crippen LogP contribution is -2.07. The first-order chi connectivity index (χ1) is 9.22. The van der Waals surface area contributed by atoms with Gasteiger partial charge in [0.25, 0.3) is 0 Å². The van der Waals surface area contributed by atoms with Crippen LogP contribution in [-0.4, -0.2) is 5.11 Å². The van der Waals surface area contributed by atoms with Gasteiger partial charge in [0.1, 0.15) is 18.2 Å². The Hall–Kier alpha value is -2.38. The van der Waals surface area contributed by atoms with Crippen LogP contribution in [0.1, 0.15) is 16.7 Å². The number of ether oxygens (including phenoxy) is 1. The molecule has 19 heavy (non-hydrogen) atoms. The molecular formula is C15H10FNO2. The van der Waals surface area contributed by atoms with Gasteiger partial charge in [0.05, 0.1) is 18.2 Å². The number of hydrogen-bond donors (Lipinski definition) is 1. The normalized spacial score (nSPS) is 12.1. The molecule has 1 aliphatic heterocycles. The summed E-state index contributed by atoms with van der Waals surface area (Å²) in [7, 11) is 0. The summed E-state index contributed by atoms with van der Waals surface area (Å²) in [6.07, 6.45) is 0. The zero-order chi connectivity index (χ0) is 13.4. The summed E-state index contributed by atoms with van der Waals surface area (Å²) in [4.78, 5) is 0. The van der Waals surface area contributed by atoms with Gasteiger partial charge >= 0.3 is 0 Å². The lowest BCUT2D eigenvalue weighted by Gasteiger charge is -2.21. The van der Waals surface area contributed by atoms with Gasteiger partial charge in [-0.05, 0) is 35.4 Å². The fraction of sp³-hybridized carbons (Fsp3) is 0.133. The number of nitrogens with zero attached hydrogens (tertiary/aromatic N) is 1. The van der Waals surface area contributed by atoms with Crippen LogP contribution < -0.4 is 4.74 Å². The second kappa shape index (κ2) is 4.38. The maximum Gasteiger partial charge on any atom is 0.129 e. The van der Waals surface area contributed by atoms with Gasteiger partial charge in [-0.2, -0.15) is 5.26 Å². The van der Waals surface area contributed by atoms with Gasteiger partial charge in [0.2, 0.25) is 0 Å². The molecule has 3 rings (SSSR count). The Morgan fingerprint density at radius 3 is 2.84 bits per heavy atom. The summed E-state index contributed by atoms with van der Waals surface area (Å²) in [5, 5.41) is 17.9. The third-order valence-electron chi connectivity index (χ3n) is 3.23. The maximum atomic E-state index is 13.7. The van der Waals surface area contributed by atoms with Crippen LogP contribution in [0.2, 0.25) is 0 Å². The molecule has 0 aliphatic carbocycles. The number of hydrogen-bond acceptors (Lipinski definition) is 3. The third kappa shape index (κ3) is 1.85. The van der Waals surface area contributed by atoms with Crippen molar-refractivity contribution in [2.24, 2.45) is 0 Å². The molecule has 0 saturated carbocycles. The van der Waals surface area contributed by atoms with Crippen molar-refractivity contribution in [2.75, 3.05) is 0 Å². The Morgan fingerprint density at radius 2 is 2.11 bits per heavy atom. The van der Waals surface area contributed by atoms with E-state index in [4.69, 9.17) is 15.1 Å². The van der Waals surface area contributed by atoms with E-state index in [-0.39, 0.29) is 12.2 Å². The molecule has 94 valence electrons. The molecule has 0 atom stereocenters. The number of fused-ring (bicyclic) bond motifs is 3. The summed E-state index contributed by atoms with van der Waals surface area (Å²) in [6, 6.07) is 10.2. The lowest BCUT2D eigenvalue weighted by atomic mass is 9.94. The summed E-state index contributed by atoms with van der Waals surface area (Å²) < 4.78 is 19.3. The number of rotatable bonds is 1. The maximum absolute atomic E-state index is 13.7. The molecule has 4 heteroatoms. The van der Waals surface area contributed by atoms with Crippen LogP contribution >= 0.6 is 0 Å². The highest BCUT2D eigenvalue weighted by molar-refractivity contribution is 5.76. The van der Waals surface area contributed by atoms with Gasteiger partial charge in [-0.25, -0.2) is 4.39 Å². The number of aliphatic hydroxyl groups is 1. The van der Waals surface area contributed by atoms with Crippen molar-refractivity contribution in [2.45, 2.75) is 13.2 Å². The minimum atomic E-state index is -0.456. The molecule has 0 spiro atoms. The van der Waals surface area contributed by atoms with E-state index in [0.717, 1.165) is 11.1 Å². The van der Waals surface area contributed by atoms with E-state index in [1.54, 1.807) is 18.2 Å². The Bertz CT molecular complexity index is 704. The fourth-order valence-electron chi connectivity index (χ4n) is 2.25. The van der Waals surface area contributed by atoms with E-state index in [9.17, 15) is 4.39 Å². The summed E-state index contributed by atoms with van der Waals surface area (Å²) in [6.45, 7) is -0.0168. The van der Waals surface area contributed by atoms with Gasteiger partial charge < -0.3 is 9.84 Å². The minimum Gasteiger partial charge on any atom is -0.488 e. The molecule has 3 nitrogen and oxygen atoms in total. The summed E-state index contributed by atoms with van der Waals surface area (Å²) >= 11 is 0. The van der Waals surface area contributed by atoms with Crippen molar-refractivity contribution < 1.29 is 14.2 Å². The number of nitriles is 1. The summed E-state index contributed by atoms with van der Waals surface area (Å²) in [5.41, 5.74) is 3.15. The first kappa shape index (κ1) is 11.7. The van der Waals surface area contributed by atoms with Gasteiger partial charge in [0, 0.05) is 11.1 Å². The summed E-state index contributed by atoms with van der Waals surface area (Å²) in [5.74, 6) is 0.102. The SMILES string of the molecule is N#Cc1ccc2c(c1)COc1cc(CO)c(F)cc1-2. The first-order valence-electron chi connectivity index (χ1n) is 5.82. The van der Waals surface area contributed by atoms with Crippen LogP contribution in [0.5, 0.6) is 5.75 Å². The second-order valence-corrected chi connectivity index (χ2v) is 4.37. The highest BCUT2D eigenvalue weighted by Crippen LogP contribution is 2.39. The number of benzene rings is 2. The van der Waals surface area contributed by atoms with E-state index in [1.807, 2.05) is 0 Å². The Balaban J connectivity index is 2.19. The average molecular weight is 255 g/mol. The molecule has 2 aromatic rings. The van der Waals surface area contributed by atoms with Gasteiger partial charge in [0.15, 0.2) is 0 Å². The monoisotopic (exact) mass is 255 g/mol. The standard InChI is InChI=1S/C15H10FNO2/c16-14-5-13-12-2-1-9(6-17)3-11(12)8-19-15(13)4-10(14)7-18/h1-5,18H,7-8H2. The lowest BCUT2D eigenvalue weighted by molar-refractivity contribution is 0.271. The van der Waals surface area contributed by atoms with E-state index in [0.29, 0.717) is 23.5 Å². The Kier molecular flexibility index (Phi) is 2.69. The van der Waals surface area contributed by atoms with Gasteiger partial charge in [-0.3, -0.25) is 0 Å². The zero-order valence-electron chi connectivity index (χ0n) is 9.98. The van der Waals surface area contributed by atoms with Crippen molar-refractivity contribution in [1.82, 2.24) is 0 Å². The van der Waals surface area contributed by atoms with Crippen molar-refractivity contribution in [3.8, 4) is 22.9 Å². The van der Waals surface area contributed by atoms with Crippen LogP contribution in [0.15, 0.2) is 30.3 Å². The van der Waals surface area contributed by atoms with Crippen molar-refractivity contribution in [3.63, 3.8) is 0 Å². The van der Waals surface area contributed by atoms with Crippen LogP contribution in [0.4, 0.5) is 4.39 Å². The molecule has 1 N–H and O–H groups in total. The van der Waals surface area contributed by atoms with Crippen molar-refractivity contribution >= 4 is 0 Å². The molecule has 0 amide bonds. The largest absolute Gasteiger partial charge is 0.488 e. The molecular weight excluding hydrogens is 245 g/mol. The molecule has 0 radical (unpaired) electrons. The fourth-order valence-corrected chi connectivity index (χ4v) is 2.25. The third-order valence-corrected chi connectivity index (χ3v) is 3.23. The number of halogens is 1. The topological polar surface area (TPSA) is 53.2 Å². The predicted octanol–water partition coefficient (Wildman–Crippen LogP) is 2.75. The Morgan fingerprint density at radius 1 is 1.26 bits per heavy atom. The average Bonchev–Trinajstić information content (AvgIpc) is 2.45. The second-order valence-electron chi connectivity index (χ2n) is 4.37. The van der Waals surface area contributed by atoms with E-state index in [2.05, 4.69) is 6.07 Å². The van der Waals surface area contributed by atoms with Crippen LogP contribution in [0, 0.1) is 17.1 Å². The molecule has 1 aliphatic rings. The molecule has 0 aromatic heterocycles. The Labute approximate surface area is 109 Å². The van der Waals surface area contributed by atoms with Crippen molar-refractivity contribution in [1.29, 1.82) is 5.26 Å². The highest BCUT2D eigenvalue weighted by Gasteiger charge is 2.20. The van der Waals surface area contributed by atoms with Crippen LogP contribution in [0.25, 0.3) is 11.1 Å². The van der Waals surface area contributed by atoms with E-state index in [1.165, 1.54) is 12.1 Å². The molecule has 0 unspecified atom stereocenters. The van der Waals surface area contributed by atoms with Crippen molar-refractivity contribution in [3.05, 3.63) is 52.8 Å². The number of aliphatic hydroxyl groups excluding tert-OH is 1. The first-order valence-corrected chi connectivity index (χ1v) is 5.82. The molecule has 1 heterocycles. The predicted molar refractivity (Wildman–Crippen MR) is 66.8 cm³/mol. The minimum absolute atomic E-state index is 0.218. The van der Waals surface area contributed by atoms with Gasteiger partial charge in [-0.1, -0.05) is 6.07 Å². The van der Waals surface area contributed by atoms with E-state index < -0.39 is 5.82 Å². The molecule has 0 saturated heterocycles. The quantitative estimate of drug-likeness (QED) is 0.852. The van der Waals surface area contributed by atoms with E-state index >= 15 is 0 Å². The van der Waals surface area contributed by atoms with Crippen LogP contribution in [-0.2, 0) is 13.2 Å². The van der Waals surface area contributed by atoms with Crippen LogP contribution in [0.3, 0.4) is 0 Å². The highest BCUT2D eigenvalue weighted by atomic mass is 19.1. The molecule has 2 aromatic carbocycles. The van der Waals surface area contributed by atoms with Gasteiger partial charge in [-0.15, -0.1) is 0 Å².